The number of hydrogen-bond donors (Lipinski definition) is 0. The Bertz CT molecular complexity index is 833. The fraction of sp³-hybridized carbons (Fsp3) is 0.350. The number of rotatable bonds is 5. The lowest BCUT2D eigenvalue weighted by Crippen LogP contribution is -2.26. The molecule has 0 radical (unpaired) electrons. The standard InChI is InChI=1S/C20H21ClN2O3/c1-24-19-10-14-12-23(9-4-3-8-22)13-15-16(21)6-5-7-17(15)26-18(14)11-20(19)25-2/h5-7,10-11H,3-4,9,12-13H2,1-2H3. The van der Waals surface area contributed by atoms with Gasteiger partial charge in [0.2, 0.25) is 0 Å². The number of fused-ring (bicyclic) bond motifs is 2. The van der Waals surface area contributed by atoms with E-state index in [0.717, 1.165) is 35.6 Å². The molecule has 2 aromatic carbocycles. The highest BCUT2D eigenvalue weighted by atomic mass is 35.5. The smallest absolute Gasteiger partial charge is 0.164 e. The third kappa shape index (κ3) is 3.87. The molecule has 0 fully saturated rings. The van der Waals surface area contributed by atoms with Crippen molar-refractivity contribution < 1.29 is 14.2 Å². The minimum absolute atomic E-state index is 0.529. The first kappa shape index (κ1) is 18.4. The SMILES string of the molecule is COc1cc2c(cc1OC)Oc1cccc(Cl)c1CN(CCCC#N)C2. The Hall–Kier alpha value is -2.42. The van der Waals surface area contributed by atoms with Crippen molar-refractivity contribution in [2.45, 2.75) is 25.9 Å². The van der Waals surface area contributed by atoms with Crippen molar-refractivity contribution in [3.63, 3.8) is 0 Å². The van der Waals surface area contributed by atoms with Crippen LogP contribution in [0.4, 0.5) is 0 Å². The van der Waals surface area contributed by atoms with Crippen LogP contribution in [0.25, 0.3) is 0 Å². The molecular formula is C20H21ClN2O3. The Kier molecular flexibility index (Phi) is 5.87. The van der Waals surface area contributed by atoms with Crippen molar-refractivity contribution in [1.29, 1.82) is 5.26 Å². The molecule has 3 rings (SSSR count). The average Bonchev–Trinajstić information content (AvgIpc) is 2.63. The topological polar surface area (TPSA) is 54.7 Å². The number of nitriles is 1. The molecule has 0 amide bonds. The van der Waals surface area contributed by atoms with Crippen LogP contribution in [-0.2, 0) is 13.1 Å². The Morgan fingerprint density at radius 2 is 1.92 bits per heavy atom. The summed E-state index contributed by atoms with van der Waals surface area (Å²) in [6, 6.07) is 11.7. The highest BCUT2D eigenvalue weighted by molar-refractivity contribution is 6.31. The lowest BCUT2D eigenvalue weighted by Gasteiger charge is -2.28. The van der Waals surface area contributed by atoms with Gasteiger partial charge in [-0.15, -0.1) is 0 Å². The number of hydrogen-bond acceptors (Lipinski definition) is 5. The fourth-order valence-electron chi connectivity index (χ4n) is 3.09. The van der Waals surface area contributed by atoms with Gasteiger partial charge in [-0.3, -0.25) is 4.90 Å². The van der Waals surface area contributed by atoms with Gasteiger partial charge in [0.15, 0.2) is 11.5 Å². The molecule has 0 unspecified atom stereocenters. The van der Waals surface area contributed by atoms with Crippen LogP contribution < -0.4 is 14.2 Å². The molecule has 2 aromatic rings. The predicted molar refractivity (Wildman–Crippen MR) is 100 cm³/mol. The van der Waals surface area contributed by atoms with Crippen LogP contribution in [0, 0.1) is 11.3 Å². The third-order valence-corrected chi connectivity index (χ3v) is 4.76. The van der Waals surface area contributed by atoms with Gasteiger partial charge >= 0.3 is 0 Å². The van der Waals surface area contributed by atoms with E-state index in [-0.39, 0.29) is 0 Å². The van der Waals surface area contributed by atoms with Crippen molar-refractivity contribution in [1.82, 2.24) is 4.90 Å². The van der Waals surface area contributed by atoms with E-state index in [9.17, 15) is 0 Å². The minimum Gasteiger partial charge on any atom is -0.493 e. The Morgan fingerprint density at radius 1 is 1.15 bits per heavy atom. The molecule has 0 atom stereocenters. The second kappa shape index (κ2) is 8.31. The first-order chi connectivity index (χ1) is 12.7. The van der Waals surface area contributed by atoms with Crippen molar-refractivity contribution in [2.75, 3.05) is 20.8 Å². The second-order valence-electron chi connectivity index (χ2n) is 6.11. The summed E-state index contributed by atoms with van der Waals surface area (Å²) < 4.78 is 17.0. The second-order valence-corrected chi connectivity index (χ2v) is 6.51. The first-order valence-corrected chi connectivity index (χ1v) is 8.83. The molecule has 0 saturated heterocycles. The molecule has 136 valence electrons. The summed E-state index contributed by atoms with van der Waals surface area (Å²) in [4.78, 5) is 2.27. The van der Waals surface area contributed by atoms with Gasteiger partial charge in [-0.2, -0.15) is 5.26 Å². The van der Waals surface area contributed by atoms with Crippen LogP contribution in [0.3, 0.4) is 0 Å². The quantitative estimate of drug-likeness (QED) is 0.707. The lowest BCUT2D eigenvalue weighted by atomic mass is 10.1. The van der Waals surface area contributed by atoms with Gasteiger partial charge in [0.05, 0.1) is 20.3 Å². The summed E-state index contributed by atoms with van der Waals surface area (Å²) in [5.41, 5.74) is 1.96. The zero-order chi connectivity index (χ0) is 18.5. The molecule has 26 heavy (non-hydrogen) atoms. The van der Waals surface area contributed by atoms with E-state index in [0.29, 0.717) is 36.0 Å². The molecule has 0 bridgehead atoms. The van der Waals surface area contributed by atoms with Crippen LogP contribution in [0.2, 0.25) is 5.02 Å². The molecule has 0 spiro atoms. The van der Waals surface area contributed by atoms with Gasteiger partial charge in [0, 0.05) is 41.7 Å². The van der Waals surface area contributed by atoms with Crippen LogP contribution in [-0.4, -0.2) is 25.7 Å². The molecule has 0 aromatic heterocycles. The summed E-state index contributed by atoms with van der Waals surface area (Å²) in [5, 5.41) is 9.52. The summed E-state index contributed by atoms with van der Waals surface area (Å²) in [6.07, 6.45) is 1.33. The third-order valence-electron chi connectivity index (χ3n) is 4.40. The predicted octanol–water partition coefficient (Wildman–Crippen LogP) is 4.77. The zero-order valence-electron chi connectivity index (χ0n) is 14.9. The van der Waals surface area contributed by atoms with Crippen molar-refractivity contribution in [3.05, 3.63) is 46.5 Å². The molecule has 6 heteroatoms. The van der Waals surface area contributed by atoms with Gasteiger partial charge in [-0.25, -0.2) is 0 Å². The van der Waals surface area contributed by atoms with Crippen LogP contribution >= 0.6 is 11.6 Å². The molecule has 0 saturated carbocycles. The summed E-state index contributed by atoms with van der Waals surface area (Å²) in [5.74, 6) is 2.73. The van der Waals surface area contributed by atoms with E-state index in [1.807, 2.05) is 30.3 Å². The molecule has 0 N–H and O–H groups in total. The number of nitrogens with zero attached hydrogens (tertiary/aromatic N) is 2. The monoisotopic (exact) mass is 372 g/mol. The molecular weight excluding hydrogens is 352 g/mol. The largest absolute Gasteiger partial charge is 0.493 e. The van der Waals surface area contributed by atoms with Gasteiger partial charge in [-0.05, 0) is 31.2 Å². The summed E-state index contributed by atoms with van der Waals surface area (Å²) in [7, 11) is 3.22. The van der Waals surface area contributed by atoms with E-state index < -0.39 is 0 Å². The number of methoxy groups -OCH3 is 2. The number of benzene rings is 2. The average molecular weight is 373 g/mol. The fourth-order valence-corrected chi connectivity index (χ4v) is 3.31. The van der Waals surface area contributed by atoms with Gasteiger partial charge < -0.3 is 14.2 Å². The molecule has 1 aliphatic rings. The summed E-state index contributed by atoms with van der Waals surface area (Å²) >= 11 is 6.42. The van der Waals surface area contributed by atoms with Crippen LogP contribution in [0.1, 0.15) is 24.0 Å². The number of halogens is 1. The molecule has 1 aliphatic heterocycles. The molecule has 5 nitrogen and oxygen atoms in total. The van der Waals surface area contributed by atoms with Crippen molar-refractivity contribution >= 4 is 11.6 Å². The van der Waals surface area contributed by atoms with Gasteiger partial charge in [0.1, 0.15) is 11.5 Å². The van der Waals surface area contributed by atoms with Gasteiger partial charge in [0.25, 0.3) is 0 Å². The van der Waals surface area contributed by atoms with E-state index in [1.165, 1.54) is 0 Å². The zero-order valence-corrected chi connectivity index (χ0v) is 15.7. The maximum atomic E-state index is 8.84. The highest BCUT2D eigenvalue weighted by Gasteiger charge is 2.22. The normalized spacial score (nSPS) is 13.5. The Balaban J connectivity index is 2.04. The highest BCUT2D eigenvalue weighted by Crippen LogP contribution is 2.41. The van der Waals surface area contributed by atoms with Gasteiger partial charge in [-0.1, -0.05) is 17.7 Å². The van der Waals surface area contributed by atoms with Crippen molar-refractivity contribution in [3.8, 4) is 29.1 Å². The van der Waals surface area contributed by atoms with E-state index in [1.54, 1.807) is 14.2 Å². The maximum absolute atomic E-state index is 8.84. The maximum Gasteiger partial charge on any atom is 0.164 e. The molecule has 0 aliphatic carbocycles. The Morgan fingerprint density at radius 3 is 2.65 bits per heavy atom. The number of unbranched alkanes of at least 4 members (excludes halogenated alkanes) is 1. The van der Waals surface area contributed by atoms with E-state index >= 15 is 0 Å². The first-order valence-electron chi connectivity index (χ1n) is 8.45. The molecule has 1 heterocycles. The summed E-state index contributed by atoms with van der Waals surface area (Å²) in [6.45, 7) is 2.13. The van der Waals surface area contributed by atoms with E-state index in [4.69, 9.17) is 31.1 Å². The minimum atomic E-state index is 0.529. The van der Waals surface area contributed by atoms with E-state index in [2.05, 4.69) is 11.0 Å². The van der Waals surface area contributed by atoms with Crippen LogP contribution in [0.5, 0.6) is 23.0 Å². The number of ether oxygens (including phenoxy) is 3. The Labute approximate surface area is 158 Å². The lowest BCUT2D eigenvalue weighted by molar-refractivity contribution is 0.241. The van der Waals surface area contributed by atoms with Crippen molar-refractivity contribution in [2.24, 2.45) is 0 Å². The van der Waals surface area contributed by atoms with Crippen LogP contribution in [0.15, 0.2) is 30.3 Å².